The Morgan fingerprint density at radius 1 is 1.62 bits per heavy atom. The Morgan fingerprint density at radius 3 is 3.00 bits per heavy atom. The third-order valence-electron chi connectivity index (χ3n) is 1.83. The van der Waals surface area contributed by atoms with Gasteiger partial charge >= 0.3 is 0 Å². The van der Waals surface area contributed by atoms with Crippen molar-refractivity contribution in [2.45, 2.75) is 13.3 Å². The van der Waals surface area contributed by atoms with Crippen LogP contribution in [0.5, 0.6) is 0 Å². The molecule has 1 N–H and O–H groups in total. The second-order valence-corrected chi connectivity index (χ2v) is 3.99. The van der Waals surface area contributed by atoms with E-state index in [1.807, 2.05) is 24.3 Å². The Hall–Kier alpha value is -1.67. The molecular weight excluding hydrogens is 270 g/mol. The van der Waals surface area contributed by atoms with E-state index in [1.165, 1.54) is 0 Å². The molecule has 4 nitrogen and oxygen atoms in total. The number of nitrogens with zero attached hydrogens (tertiary/aromatic N) is 2. The lowest BCUT2D eigenvalue weighted by Crippen LogP contribution is -2.18. The third kappa shape index (κ3) is 3.83. The molecule has 0 bridgehead atoms. The Kier molecular flexibility index (Phi) is 4.67. The van der Waals surface area contributed by atoms with Gasteiger partial charge in [-0.3, -0.25) is 4.79 Å². The SMILES string of the molecule is C/C(=N/NC(=O)CC#N)c1cccc(Br)c1. The van der Waals surface area contributed by atoms with Crippen LogP contribution in [0, 0.1) is 11.3 Å². The largest absolute Gasteiger partial charge is 0.272 e. The van der Waals surface area contributed by atoms with Crippen LogP contribution in [0.4, 0.5) is 0 Å². The second kappa shape index (κ2) is 6.03. The molecule has 82 valence electrons. The first kappa shape index (κ1) is 12.4. The quantitative estimate of drug-likeness (QED) is 0.681. The summed E-state index contributed by atoms with van der Waals surface area (Å²) in [5.74, 6) is -0.406. The molecule has 0 radical (unpaired) electrons. The highest BCUT2D eigenvalue weighted by Gasteiger charge is 2.00. The molecule has 0 aliphatic heterocycles. The molecule has 0 aromatic heterocycles. The van der Waals surface area contributed by atoms with Gasteiger partial charge in [0.1, 0.15) is 6.42 Å². The lowest BCUT2D eigenvalue weighted by atomic mass is 10.1. The average molecular weight is 280 g/mol. The maximum absolute atomic E-state index is 11.0. The zero-order chi connectivity index (χ0) is 12.0. The molecule has 0 aliphatic carbocycles. The fourth-order valence-electron chi connectivity index (χ4n) is 1.04. The van der Waals surface area contributed by atoms with Gasteiger partial charge < -0.3 is 0 Å². The summed E-state index contributed by atoms with van der Waals surface area (Å²) in [6, 6.07) is 9.33. The van der Waals surface area contributed by atoms with E-state index in [0.717, 1.165) is 10.0 Å². The summed E-state index contributed by atoms with van der Waals surface area (Å²) in [4.78, 5) is 11.0. The van der Waals surface area contributed by atoms with Gasteiger partial charge in [0.25, 0.3) is 5.91 Å². The fraction of sp³-hybridized carbons (Fsp3) is 0.182. The lowest BCUT2D eigenvalue weighted by molar-refractivity contribution is -0.120. The number of halogens is 1. The molecule has 1 rings (SSSR count). The topological polar surface area (TPSA) is 65.2 Å². The highest BCUT2D eigenvalue weighted by molar-refractivity contribution is 9.10. The van der Waals surface area contributed by atoms with Crippen LogP contribution in [0.2, 0.25) is 0 Å². The zero-order valence-corrected chi connectivity index (χ0v) is 10.3. The maximum atomic E-state index is 11.0. The normalized spacial score (nSPS) is 10.7. The molecule has 0 atom stereocenters. The molecule has 0 saturated carbocycles. The number of carbonyl (C=O) groups is 1. The van der Waals surface area contributed by atoms with Gasteiger partial charge in [0.05, 0.1) is 11.8 Å². The van der Waals surface area contributed by atoms with Gasteiger partial charge in [0.15, 0.2) is 0 Å². The van der Waals surface area contributed by atoms with Gasteiger partial charge in [-0.05, 0) is 24.6 Å². The first-order chi connectivity index (χ1) is 7.63. The van der Waals surface area contributed by atoms with E-state index in [9.17, 15) is 4.79 Å². The third-order valence-corrected chi connectivity index (χ3v) is 2.32. The Bertz CT molecular complexity index is 463. The van der Waals surface area contributed by atoms with Crippen molar-refractivity contribution in [3.63, 3.8) is 0 Å². The number of rotatable bonds is 3. The van der Waals surface area contributed by atoms with Gasteiger partial charge in [-0.25, -0.2) is 5.43 Å². The molecule has 16 heavy (non-hydrogen) atoms. The standard InChI is InChI=1S/C11H10BrN3O/c1-8(14-15-11(16)5-6-13)9-3-2-4-10(12)7-9/h2-4,7H,5H2,1H3,(H,15,16)/b14-8-. The van der Waals surface area contributed by atoms with E-state index >= 15 is 0 Å². The number of amides is 1. The van der Waals surface area contributed by atoms with E-state index in [1.54, 1.807) is 13.0 Å². The monoisotopic (exact) mass is 279 g/mol. The number of carbonyl (C=O) groups excluding carboxylic acids is 1. The van der Waals surface area contributed by atoms with Crippen LogP contribution >= 0.6 is 15.9 Å². The van der Waals surface area contributed by atoms with Crippen LogP contribution in [-0.4, -0.2) is 11.6 Å². The molecule has 5 heteroatoms. The smallest absolute Gasteiger partial charge is 0.254 e. The summed E-state index contributed by atoms with van der Waals surface area (Å²) in [6.07, 6.45) is -0.185. The van der Waals surface area contributed by atoms with E-state index < -0.39 is 5.91 Å². The number of hydrogen-bond donors (Lipinski definition) is 1. The molecule has 1 aromatic rings. The molecule has 0 aliphatic rings. The predicted octanol–water partition coefficient (Wildman–Crippen LogP) is 2.20. The molecule has 1 amide bonds. The predicted molar refractivity (Wildman–Crippen MR) is 64.7 cm³/mol. The summed E-state index contributed by atoms with van der Waals surface area (Å²) < 4.78 is 0.947. The molecule has 0 saturated heterocycles. The van der Waals surface area contributed by atoms with Crippen molar-refractivity contribution in [2.24, 2.45) is 5.10 Å². The molecule has 1 aromatic carbocycles. The number of hydrazone groups is 1. The summed E-state index contributed by atoms with van der Waals surface area (Å²) in [5.41, 5.74) is 3.91. The summed E-state index contributed by atoms with van der Waals surface area (Å²) in [5, 5.41) is 12.2. The molecule has 0 spiro atoms. The molecule has 0 unspecified atom stereocenters. The minimum Gasteiger partial charge on any atom is -0.272 e. The van der Waals surface area contributed by atoms with E-state index in [2.05, 4.69) is 26.5 Å². The van der Waals surface area contributed by atoms with Crippen molar-refractivity contribution in [1.82, 2.24) is 5.43 Å². The van der Waals surface area contributed by atoms with Crippen molar-refractivity contribution in [3.05, 3.63) is 34.3 Å². The van der Waals surface area contributed by atoms with E-state index in [4.69, 9.17) is 5.26 Å². The average Bonchev–Trinajstić information content (AvgIpc) is 2.26. The van der Waals surface area contributed by atoms with E-state index in [0.29, 0.717) is 5.71 Å². The van der Waals surface area contributed by atoms with Gasteiger partial charge in [0, 0.05) is 4.47 Å². The van der Waals surface area contributed by atoms with Crippen LogP contribution in [0.15, 0.2) is 33.8 Å². The fourth-order valence-corrected chi connectivity index (χ4v) is 1.43. The first-order valence-electron chi connectivity index (χ1n) is 4.59. The maximum Gasteiger partial charge on any atom is 0.254 e. The summed E-state index contributed by atoms with van der Waals surface area (Å²) in [7, 11) is 0. The Morgan fingerprint density at radius 2 is 2.38 bits per heavy atom. The molecule has 0 heterocycles. The molecular formula is C11H10BrN3O. The van der Waals surface area contributed by atoms with Crippen LogP contribution < -0.4 is 5.43 Å². The number of nitriles is 1. The van der Waals surface area contributed by atoms with Crippen molar-refractivity contribution in [3.8, 4) is 6.07 Å². The lowest BCUT2D eigenvalue weighted by Gasteiger charge is -2.01. The van der Waals surface area contributed by atoms with Gasteiger partial charge in [-0.15, -0.1) is 0 Å². The van der Waals surface area contributed by atoms with Gasteiger partial charge in [-0.1, -0.05) is 28.1 Å². The number of benzene rings is 1. The highest BCUT2D eigenvalue weighted by atomic mass is 79.9. The van der Waals surface area contributed by atoms with Crippen molar-refractivity contribution < 1.29 is 4.79 Å². The van der Waals surface area contributed by atoms with Crippen molar-refractivity contribution >= 4 is 27.5 Å². The van der Waals surface area contributed by atoms with Crippen LogP contribution in [0.3, 0.4) is 0 Å². The van der Waals surface area contributed by atoms with Crippen LogP contribution in [0.25, 0.3) is 0 Å². The van der Waals surface area contributed by atoms with E-state index in [-0.39, 0.29) is 6.42 Å². The highest BCUT2D eigenvalue weighted by Crippen LogP contribution is 2.12. The minimum absolute atomic E-state index is 0.185. The number of hydrogen-bond acceptors (Lipinski definition) is 3. The van der Waals surface area contributed by atoms with Crippen molar-refractivity contribution in [2.75, 3.05) is 0 Å². The first-order valence-corrected chi connectivity index (χ1v) is 5.39. The molecule has 0 fully saturated rings. The summed E-state index contributed by atoms with van der Waals surface area (Å²) in [6.45, 7) is 1.79. The second-order valence-electron chi connectivity index (χ2n) is 3.08. The van der Waals surface area contributed by atoms with Crippen LogP contribution in [-0.2, 0) is 4.79 Å². The zero-order valence-electron chi connectivity index (χ0n) is 8.70. The van der Waals surface area contributed by atoms with Gasteiger partial charge in [-0.2, -0.15) is 10.4 Å². The van der Waals surface area contributed by atoms with Gasteiger partial charge in [0.2, 0.25) is 0 Å². The number of nitrogens with one attached hydrogen (secondary N) is 1. The van der Waals surface area contributed by atoms with Crippen LogP contribution in [0.1, 0.15) is 18.9 Å². The Balaban J connectivity index is 2.71. The minimum atomic E-state index is -0.406. The van der Waals surface area contributed by atoms with Crippen molar-refractivity contribution in [1.29, 1.82) is 5.26 Å². The summed E-state index contributed by atoms with van der Waals surface area (Å²) >= 11 is 3.35. The Labute approximate surface area is 102 Å².